The van der Waals surface area contributed by atoms with Crippen molar-refractivity contribution in [3.63, 3.8) is 0 Å². The molecular formula is C21H22N2O3S. The van der Waals surface area contributed by atoms with Gasteiger partial charge in [0.2, 0.25) is 0 Å². The van der Waals surface area contributed by atoms with Crippen LogP contribution >= 0.6 is 11.3 Å². The summed E-state index contributed by atoms with van der Waals surface area (Å²) in [5.41, 5.74) is 2.63. The molecule has 1 atom stereocenters. The van der Waals surface area contributed by atoms with E-state index in [2.05, 4.69) is 16.0 Å². The lowest BCUT2D eigenvalue weighted by molar-refractivity contribution is 0.0600. The van der Waals surface area contributed by atoms with Crippen LogP contribution in [0.4, 0.5) is 5.69 Å². The van der Waals surface area contributed by atoms with Crippen LogP contribution in [0, 0.1) is 5.92 Å². The summed E-state index contributed by atoms with van der Waals surface area (Å²) in [5, 5.41) is 0.737. The number of para-hydroxylation sites is 1. The lowest BCUT2D eigenvalue weighted by atomic mass is 9.98. The molecule has 0 N–H and O–H groups in total. The second-order valence-electron chi connectivity index (χ2n) is 6.75. The molecule has 1 aliphatic heterocycles. The smallest absolute Gasteiger partial charge is 0.337 e. The fourth-order valence-corrected chi connectivity index (χ4v) is 4.31. The minimum absolute atomic E-state index is 0.301. The summed E-state index contributed by atoms with van der Waals surface area (Å²) in [6.45, 7) is 2.56. The van der Waals surface area contributed by atoms with Crippen LogP contribution in [0.15, 0.2) is 48.5 Å². The number of piperidine rings is 1. The maximum Gasteiger partial charge on any atom is 0.337 e. The number of esters is 1. The van der Waals surface area contributed by atoms with Crippen molar-refractivity contribution in [2.75, 3.05) is 31.7 Å². The van der Waals surface area contributed by atoms with Gasteiger partial charge in [-0.25, -0.2) is 9.78 Å². The van der Waals surface area contributed by atoms with Crippen LogP contribution in [-0.2, 0) is 4.74 Å². The van der Waals surface area contributed by atoms with E-state index in [1.165, 1.54) is 7.11 Å². The molecule has 0 bridgehead atoms. The molecule has 0 aliphatic carbocycles. The summed E-state index contributed by atoms with van der Waals surface area (Å²) in [6.07, 6.45) is 2.24. The Morgan fingerprint density at radius 1 is 1.26 bits per heavy atom. The third-order valence-electron chi connectivity index (χ3n) is 4.87. The number of carbonyl (C=O) groups excluding carboxylic acids is 1. The molecule has 1 unspecified atom stereocenters. The van der Waals surface area contributed by atoms with Gasteiger partial charge in [0.25, 0.3) is 5.19 Å². The number of fused-ring (bicyclic) bond motifs is 1. The number of anilines is 1. The number of hydrogen-bond donors (Lipinski definition) is 0. The third-order valence-corrected chi connectivity index (χ3v) is 5.82. The Hall–Kier alpha value is -2.60. The van der Waals surface area contributed by atoms with Gasteiger partial charge in [-0.1, -0.05) is 29.5 Å². The van der Waals surface area contributed by atoms with Crippen molar-refractivity contribution >= 4 is 33.2 Å². The van der Waals surface area contributed by atoms with E-state index in [-0.39, 0.29) is 5.97 Å². The zero-order chi connectivity index (χ0) is 18.6. The number of thiazole rings is 1. The van der Waals surface area contributed by atoms with Crippen LogP contribution in [0.3, 0.4) is 0 Å². The van der Waals surface area contributed by atoms with E-state index in [4.69, 9.17) is 9.47 Å². The number of carbonyl (C=O) groups is 1. The second-order valence-corrected chi connectivity index (χ2v) is 7.75. The zero-order valence-corrected chi connectivity index (χ0v) is 16.1. The van der Waals surface area contributed by atoms with Crippen molar-refractivity contribution < 1.29 is 14.3 Å². The highest BCUT2D eigenvalue weighted by atomic mass is 32.1. The SMILES string of the molecule is COC(=O)c1cccc(N2CCCC(COc3nc4ccccc4s3)C2)c1. The average Bonchev–Trinajstić information content (AvgIpc) is 3.15. The summed E-state index contributed by atoms with van der Waals surface area (Å²) in [7, 11) is 1.41. The molecule has 2 heterocycles. The van der Waals surface area contributed by atoms with Gasteiger partial charge < -0.3 is 14.4 Å². The van der Waals surface area contributed by atoms with Crippen molar-refractivity contribution in [3.05, 3.63) is 54.1 Å². The molecule has 1 aromatic heterocycles. The van der Waals surface area contributed by atoms with E-state index in [1.54, 1.807) is 17.4 Å². The second kappa shape index (κ2) is 7.96. The Bertz CT molecular complexity index is 907. The largest absolute Gasteiger partial charge is 0.470 e. The molecule has 6 heteroatoms. The van der Waals surface area contributed by atoms with Gasteiger partial charge in [0.05, 0.1) is 29.5 Å². The van der Waals surface area contributed by atoms with Crippen molar-refractivity contribution in [2.24, 2.45) is 5.92 Å². The molecule has 0 saturated carbocycles. The molecule has 140 valence electrons. The first-order valence-electron chi connectivity index (χ1n) is 9.14. The normalized spacial score (nSPS) is 17.1. The summed E-state index contributed by atoms with van der Waals surface area (Å²) >= 11 is 1.59. The summed E-state index contributed by atoms with van der Waals surface area (Å²) < 4.78 is 12.0. The van der Waals surface area contributed by atoms with E-state index in [9.17, 15) is 4.79 Å². The van der Waals surface area contributed by atoms with Gasteiger partial charge in [-0.3, -0.25) is 0 Å². The number of rotatable bonds is 5. The van der Waals surface area contributed by atoms with E-state index >= 15 is 0 Å². The summed E-state index contributed by atoms with van der Waals surface area (Å²) in [6, 6.07) is 15.7. The average molecular weight is 382 g/mol. The number of benzene rings is 2. The molecule has 0 spiro atoms. The van der Waals surface area contributed by atoms with Gasteiger partial charge in [-0.15, -0.1) is 0 Å². The van der Waals surface area contributed by atoms with Crippen molar-refractivity contribution in [1.82, 2.24) is 4.98 Å². The Morgan fingerprint density at radius 2 is 2.15 bits per heavy atom. The molecule has 0 amide bonds. The molecule has 3 aromatic rings. The monoisotopic (exact) mass is 382 g/mol. The van der Waals surface area contributed by atoms with Crippen molar-refractivity contribution in [3.8, 4) is 5.19 Å². The standard InChI is InChI=1S/C21H22N2O3S/c1-25-20(24)16-7-4-8-17(12-16)23-11-5-6-15(13-23)14-26-21-22-18-9-2-3-10-19(18)27-21/h2-4,7-10,12,15H,5-6,11,13-14H2,1H3. The van der Waals surface area contributed by atoms with E-state index < -0.39 is 0 Å². The highest BCUT2D eigenvalue weighted by Crippen LogP contribution is 2.29. The number of nitrogens with zero attached hydrogens (tertiary/aromatic N) is 2. The van der Waals surface area contributed by atoms with Crippen LogP contribution in [0.2, 0.25) is 0 Å². The van der Waals surface area contributed by atoms with Gasteiger partial charge in [0.15, 0.2) is 0 Å². The van der Waals surface area contributed by atoms with Gasteiger partial charge in [0, 0.05) is 24.7 Å². The molecule has 5 nitrogen and oxygen atoms in total. The molecule has 1 saturated heterocycles. The topological polar surface area (TPSA) is 51.7 Å². The highest BCUT2D eigenvalue weighted by Gasteiger charge is 2.22. The summed E-state index contributed by atoms with van der Waals surface area (Å²) in [5.74, 6) is 0.136. The number of aromatic nitrogens is 1. The Morgan fingerprint density at radius 3 is 3.00 bits per heavy atom. The highest BCUT2D eigenvalue weighted by molar-refractivity contribution is 7.20. The molecular weight excluding hydrogens is 360 g/mol. The van der Waals surface area contributed by atoms with Gasteiger partial charge in [0.1, 0.15) is 0 Å². The predicted molar refractivity (Wildman–Crippen MR) is 108 cm³/mol. The first kappa shape index (κ1) is 17.8. The van der Waals surface area contributed by atoms with Crippen LogP contribution in [0.5, 0.6) is 5.19 Å². The van der Waals surface area contributed by atoms with Crippen molar-refractivity contribution in [2.45, 2.75) is 12.8 Å². The van der Waals surface area contributed by atoms with E-state index in [1.807, 2.05) is 36.4 Å². The van der Waals surface area contributed by atoms with Crippen molar-refractivity contribution in [1.29, 1.82) is 0 Å². The van der Waals surface area contributed by atoms with Gasteiger partial charge >= 0.3 is 5.97 Å². The quantitative estimate of drug-likeness (QED) is 0.613. The van der Waals surface area contributed by atoms with Gasteiger partial charge in [-0.2, -0.15) is 0 Å². The fraction of sp³-hybridized carbons (Fsp3) is 0.333. The predicted octanol–water partition coefficient (Wildman–Crippen LogP) is 4.38. The minimum atomic E-state index is -0.301. The Balaban J connectivity index is 1.40. The lowest BCUT2D eigenvalue weighted by Crippen LogP contribution is -2.37. The lowest BCUT2D eigenvalue weighted by Gasteiger charge is -2.34. The number of ether oxygens (including phenoxy) is 2. The molecule has 1 fully saturated rings. The minimum Gasteiger partial charge on any atom is -0.470 e. The molecule has 2 aromatic carbocycles. The number of methoxy groups -OCH3 is 1. The third kappa shape index (κ3) is 4.06. The zero-order valence-electron chi connectivity index (χ0n) is 15.3. The Kier molecular flexibility index (Phi) is 5.25. The van der Waals surface area contributed by atoms with Crippen LogP contribution < -0.4 is 9.64 Å². The van der Waals surface area contributed by atoms with Gasteiger partial charge in [-0.05, 0) is 43.2 Å². The maximum atomic E-state index is 11.8. The van der Waals surface area contributed by atoms with E-state index in [0.29, 0.717) is 18.1 Å². The summed E-state index contributed by atoms with van der Waals surface area (Å²) in [4.78, 5) is 18.6. The molecule has 4 rings (SSSR count). The maximum absolute atomic E-state index is 11.8. The first-order chi connectivity index (χ1) is 13.2. The van der Waals surface area contributed by atoms with E-state index in [0.717, 1.165) is 47.0 Å². The molecule has 0 radical (unpaired) electrons. The van der Waals surface area contributed by atoms with Crippen LogP contribution in [0.25, 0.3) is 10.2 Å². The van der Waals surface area contributed by atoms with Crippen LogP contribution in [0.1, 0.15) is 23.2 Å². The number of hydrogen-bond acceptors (Lipinski definition) is 6. The first-order valence-corrected chi connectivity index (χ1v) is 9.96. The molecule has 27 heavy (non-hydrogen) atoms. The fourth-order valence-electron chi connectivity index (χ4n) is 3.48. The Labute approximate surface area is 162 Å². The molecule has 1 aliphatic rings. The van der Waals surface area contributed by atoms with Crippen LogP contribution in [-0.4, -0.2) is 37.8 Å².